The average Bonchev–Trinajstić information content (AvgIpc) is 3.71. The van der Waals surface area contributed by atoms with E-state index in [1.165, 1.54) is 0 Å². The third kappa shape index (κ3) is 4.01. The zero-order valence-electron chi connectivity index (χ0n) is 19.4. The van der Waals surface area contributed by atoms with E-state index >= 15 is 0 Å². The summed E-state index contributed by atoms with van der Waals surface area (Å²) in [6, 6.07) is 18.0. The van der Waals surface area contributed by atoms with Gasteiger partial charge >= 0.3 is 0 Å². The minimum absolute atomic E-state index is 0.476. The molecule has 178 valence electrons. The number of pyridine rings is 3. The van der Waals surface area contributed by atoms with Crippen LogP contribution in [-0.4, -0.2) is 35.1 Å². The molecule has 0 aliphatic rings. The van der Waals surface area contributed by atoms with Crippen LogP contribution in [0.4, 0.5) is 0 Å². The monoisotopic (exact) mass is 501 g/mol. The Labute approximate surface area is 215 Å². The molecule has 0 fully saturated rings. The molecular formula is C28H19N7OS. The maximum atomic E-state index is 5.97. The lowest BCUT2D eigenvalue weighted by molar-refractivity contribution is 0.305. The number of aromatic amines is 2. The first-order chi connectivity index (χ1) is 18.3. The summed E-state index contributed by atoms with van der Waals surface area (Å²) in [4.78, 5) is 21.8. The predicted molar refractivity (Wildman–Crippen MR) is 144 cm³/mol. The van der Waals surface area contributed by atoms with Crippen LogP contribution in [0.5, 0.6) is 5.75 Å². The zero-order chi connectivity index (χ0) is 24.6. The lowest BCUT2D eigenvalue weighted by atomic mass is 10.1. The topological polar surface area (TPSA) is 105 Å². The van der Waals surface area contributed by atoms with Gasteiger partial charge in [-0.15, -0.1) is 0 Å². The highest BCUT2D eigenvalue weighted by Crippen LogP contribution is 2.32. The molecule has 7 aromatic rings. The SMILES string of the molecule is c1ccc(COc2cncc(-c3cnc4[nH]nc(-c5nc6c(-c7ccsc7)nccc6[nH]5)c4c3)c2)cc1. The number of rotatable bonds is 6. The van der Waals surface area contributed by atoms with E-state index in [1.807, 2.05) is 60.0 Å². The van der Waals surface area contributed by atoms with E-state index in [4.69, 9.17) is 9.72 Å². The van der Waals surface area contributed by atoms with Gasteiger partial charge in [0.15, 0.2) is 11.5 Å². The standard InChI is InChI=1S/C28H19N7OS/c1-2-4-17(5-3-1)15-36-21-10-19(12-29-14-21)20-11-22-25(34-35-27(22)31-13-20)28-32-23-6-8-30-24(26(23)33-28)18-7-9-37-16-18/h1-14,16H,15H2,(H,32,33)(H,31,34,35). The largest absolute Gasteiger partial charge is 0.487 e. The van der Waals surface area contributed by atoms with Crippen LogP contribution in [0.1, 0.15) is 5.56 Å². The second-order valence-electron chi connectivity index (χ2n) is 8.53. The number of ether oxygens (including phenoxy) is 1. The molecule has 7 rings (SSSR count). The molecule has 0 spiro atoms. The first-order valence-electron chi connectivity index (χ1n) is 11.7. The average molecular weight is 502 g/mol. The number of benzene rings is 1. The van der Waals surface area contributed by atoms with Crippen molar-refractivity contribution in [3.8, 4) is 39.7 Å². The molecule has 8 nitrogen and oxygen atoms in total. The van der Waals surface area contributed by atoms with E-state index in [0.717, 1.165) is 44.4 Å². The minimum Gasteiger partial charge on any atom is -0.487 e. The van der Waals surface area contributed by atoms with Crippen LogP contribution in [-0.2, 0) is 6.61 Å². The van der Waals surface area contributed by atoms with Crippen molar-refractivity contribution in [2.24, 2.45) is 0 Å². The molecule has 0 saturated carbocycles. The van der Waals surface area contributed by atoms with Crippen LogP contribution in [0.25, 0.3) is 56.0 Å². The van der Waals surface area contributed by atoms with E-state index in [2.05, 4.69) is 35.5 Å². The van der Waals surface area contributed by atoms with Crippen molar-refractivity contribution < 1.29 is 4.74 Å². The van der Waals surface area contributed by atoms with E-state index in [-0.39, 0.29) is 0 Å². The Morgan fingerprint density at radius 2 is 1.78 bits per heavy atom. The van der Waals surface area contributed by atoms with Crippen LogP contribution >= 0.6 is 11.3 Å². The molecule has 0 unspecified atom stereocenters. The zero-order valence-corrected chi connectivity index (χ0v) is 20.2. The summed E-state index contributed by atoms with van der Waals surface area (Å²) >= 11 is 1.63. The summed E-state index contributed by atoms with van der Waals surface area (Å²) in [5.74, 6) is 1.35. The summed E-state index contributed by atoms with van der Waals surface area (Å²) in [6.45, 7) is 0.476. The van der Waals surface area contributed by atoms with Crippen molar-refractivity contribution >= 4 is 33.4 Å². The summed E-state index contributed by atoms with van der Waals surface area (Å²) in [5.41, 5.74) is 7.89. The van der Waals surface area contributed by atoms with Gasteiger partial charge in [-0.05, 0) is 35.2 Å². The number of fused-ring (bicyclic) bond motifs is 2. The van der Waals surface area contributed by atoms with E-state index < -0.39 is 0 Å². The van der Waals surface area contributed by atoms with Gasteiger partial charge in [0.2, 0.25) is 0 Å². The number of nitrogens with zero attached hydrogens (tertiary/aromatic N) is 5. The second kappa shape index (κ2) is 8.96. The van der Waals surface area contributed by atoms with Crippen molar-refractivity contribution in [2.75, 3.05) is 0 Å². The molecule has 0 amide bonds. The molecular weight excluding hydrogens is 482 g/mol. The molecule has 6 aromatic heterocycles. The molecule has 9 heteroatoms. The van der Waals surface area contributed by atoms with Crippen molar-refractivity contribution in [3.63, 3.8) is 0 Å². The Bertz CT molecular complexity index is 1840. The minimum atomic E-state index is 0.476. The Balaban J connectivity index is 1.24. The molecule has 1 aromatic carbocycles. The first kappa shape index (κ1) is 21.4. The van der Waals surface area contributed by atoms with E-state index in [1.54, 1.807) is 36.1 Å². The maximum Gasteiger partial charge on any atom is 0.159 e. The number of imidazole rings is 1. The Morgan fingerprint density at radius 1 is 0.865 bits per heavy atom. The molecule has 6 heterocycles. The summed E-state index contributed by atoms with van der Waals surface area (Å²) in [7, 11) is 0. The number of hydrogen-bond donors (Lipinski definition) is 2. The summed E-state index contributed by atoms with van der Waals surface area (Å²) in [5, 5.41) is 12.5. The van der Waals surface area contributed by atoms with Gasteiger partial charge < -0.3 is 9.72 Å². The van der Waals surface area contributed by atoms with Gasteiger partial charge in [0.1, 0.15) is 23.6 Å². The summed E-state index contributed by atoms with van der Waals surface area (Å²) < 4.78 is 5.97. The molecule has 0 atom stereocenters. The fourth-order valence-electron chi connectivity index (χ4n) is 4.30. The highest BCUT2D eigenvalue weighted by molar-refractivity contribution is 7.08. The van der Waals surface area contributed by atoms with E-state index in [0.29, 0.717) is 29.5 Å². The number of hydrogen-bond acceptors (Lipinski definition) is 7. The fourth-order valence-corrected chi connectivity index (χ4v) is 4.94. The smallest absolute Gasteiger partial charge is 0.159 e. The van der Waals surface area contributed by atoms with Crippen molar-refractivity contribution in [2.45, 2.75) is 6.61 Å². The maximum absolute atomic E-state index is 5.97. The lowest BCUT2D eigenvalue weighted by Crippen LogP contribution is -1.96. The molecule has 2 N–H and O–H groups in total. The molecule has 0 saturated heterocycles. The quantitative estimate of drug-likeness (QED) is 0.278. The van der Waals surface area contributed by atoms with Gasteiger partial charge in [0.05, 0.1) is 22.8 Å². The highest BCUT2D eigenvalue weighted by atomic mass is 32.1. The van der Waals surface area contributed by atoms with Crippen LogP contribution in [0.2, 0.25) is 0 Å². The van der Waals surface area contributed by atoms with Gasteiger partial charge in [-0.1, -0.05) is 30.3 Å². The molecule has 37 heavy (non-hydrogen) atoms. The lowest BCUT2D eigenvalue weighted by Gasteiger charge is -2.08. The Kier molecular flexibility index (Phi) is 5.18. The van der Waals surface area contributed by atoms with Gasteiger partial charge in [-0.25, -0.2) is 9.97 Å². The van der Waals surface area contributed by atoms with Crippen LogP contribution < -0.4 is 4.74 Å². The third-order valence-electron chi connectivity index (χ3n) is 6.13. The van der Waals surface area contributed by atoms with Crippen LogP contribution in [0.15, 0.2) is 90.1 Å². The van der Waals surface area contributed by atoms with Gasteiger partial charge in [-0.3, -0.25) is 15.1 Å². The Hall–Kier alpha value is -4.89. The van der Waals surface area contributed by atoms with Crippen LogP contribution in [0, 0.1) is 0 Å². The molecule has 0 bridgehead atoms. The fraction of sp³-hybridized carbons (Fsp3) is 0.0357. The van der Waals surface area contributed by atoms with Crippen LogP contribution in [0.3, 0.4) is 0 Å². The van der Waals surface area contributed by atoms with Gasteiger partial charge in [0, 0.05) is 40.7 Å². The molecule has 0 aliphatic heterocycles. The predicted octanol–water partition coefficient (Wildman–Crippen LogP) is 6.27. The Morgan fingerprint density at radius 3 is 2.68 bits per heavy atom. The van der Waals surface area contributed by atoms with E-state index in [9.17, 15) is 0 Å². The number of aromatic nitrogens is 7. The summed E-state index contributed by atoms with van der Waals surface area (Å²) in [6.07, 6.45) is 7.12. The number of H-pyrrole nitrogens is 2. The van der Waals surface area contributed by atoms with Crippen molar-refractivity contribution in [3.05, 3.63) is 95.7 Å². The molecule has 0 radical (unpaired) electrons. The first-order valence-corrected chi connectivity index (χ1v) is 12.6. The third-order valence-corrected chi connectivity index (χ3v) is 6.81. The van der Waals surface area contributed by atoms with Gasteiger partial charge in [-0.2, -0.15) is 16.4 Å². The van der Waals surface area contributed by atoms with Crippen molar-refractivity contribution in [1.29, 1.82) is 0 Å². The highest BCUT2D eigenvalue weighted by Gasteiger charge is 2.17. The normalized spacial score (nSPS) is 11.4. The van der Waals surface area contributed by atoms with Crippen molar-refractivity contribution in [1.82, 2.24) is 35.1 Å². The van der Waals surface area contributed by atoms with Gasteiger partial charge in [0.25, 0.3) is 0 Å². The second-order valence-corrected chi connectivity index (χ2v) is 9.31. The number of nitrogens with one attached hydrogen (secondary N) is 2. The number of thiophene rings is 1. The molecule has 0 aliphatic carbocycles.